The van der Waals surface area contributed by atoms with Gasteiger partial charge in [-0.2, -0.15) is 4.31 Å². The minimum atomic E-state index is -3.61. The number of carbonyl (C=O) groups excluding carboxylic acids is 2. The Balaban J connectivity index is 1.83. The Labute approximate surface area is 165 Å². The first-order chi connectivity index (χ1) is 12.7. The number of halogens is 1. The standard InChI is InChI=1S/C18H25ClN2O5S/c1-13(2)11-20-17(22)12-26-18(23)14-7-9-21(10-8-14)27(24,25)16-5-3-15(19)4-6-16/h3-6,13-14H,7-12H2,1-2H3,(H,20,22). The van der Waals surface area contributed by atoms with E-state index < -0.39 is 21.9 Å². The van der Waals surface area contributed by atoms with Gasteiger partial charge in [-0.25, -0.2) is 8.42 Å². The number of amides is 1. The van der Waals surface area contributed by atoms with Gasteiger partial charge >= 0.3 is 5.97 Å². The number of sulfonamides is 1. The van der Waals surface area contributed by atoms with Crippen LogP contribution in [0.25, 0.3) is 0 Å². The largest absolute Gasteiger partial charge is 0.455 e. The van der Waals surface area contributed by atoms with Crippen molar-refractivity contribution < 1.29 is 22.7 Å². The second-order valence-corrected chi connectivity index (χ2v) is 9.31. The summed E-state index contributed by atoms with van der Waals surface area (Å²) in [4.78, 5) is 23.9. The predicted octanol–water partition coefficient (Wildman–Crippen LogP) is 2.06. The molecule has 1 aromatic carbocycles. The predicted molar refractivity (Wildman–Crippen MR) is 102 cm³/mol. The summed E-state index contributed by atoms with van der Waals surface area (Å²) in [5, 5.41) is 3.14. The molecule has 0 aliphatic carbocycles. The van der Waals surface area contributed by atoms with Crippen LogP contribution in [0.5, 0.6) is 0 Å². The maximum atomic E-state index is 12.6. The van der Waals surface area contributed by atoms with Crippen LogP contribution in [0, 0.1) is 11.8 Å². The molecule has 0 bridgehead atoms. The van der Waals surface area contributed by atoms with Gasteiger partial charge in [-0.1, -0.05) is 25.4 Å². The molecule has 1 aliphatic rings. The van der Waals surface area contributed by atoms with Crippen LogP contribution in [0.2, 0.25) is 5.02 Å². The molecule has 1 N–H and O–H groups in total. The number of hydrogen-bond acceptors (Lipinski definition) is 5. The maximum Gasteiger partial charge on any atom is 0.309 e. The first-order valence-corrected chi connectivity index (χ1v) is 10.7. The van der Waals surface area contributed by atoms with Crippen LogP contribution in [0.4, 0.5) is 0 Å². The van der Waals surface area contributed by atoms with Crippen LogP contribution >= 0.6 is 11.6 Å². The molecule has 1 saturated heterocycles. The molecule has 1 aliphatic heterocycles. The lowest BCUT2D eigenvalue weighted by molar-refractivity contribution is -0.153. The fourth-order valence-electron chi connectivity index (χ4n) is 2.71. The van der Waals surface area contributed by atoms with Crippen LogP contribution < -0.4 is 5.32 Å². The van der Waals surface area contributed by atoms with E-state index in [4.69, 9.17) is 16.3 Å². The Hall–Kier alpha value is -1.64. The van der Waals surface area contributed by atoms with E-state index in [0.29, 0.717) is 30.3 Å². The van der Waals surface area contributed by atoms with Gasteiger partial charge in [0.1, 0.15) is 0 Å². The number of nitrogens with zero attached hydrogens (tertiary/aromatic N) is 1. The molecule has 0 saturated carbocycles. The number of hydrogen-bond donors (Lipinski definition) is 1. The molecule has 1 amide bonds. The van der Waals surface area contributed by atoms with Crippen molar-refractivity contribution in [2.24, 2.45) is 11.8 Å². The van der Waals surface area contributed by atoms with E-state index in [9.17, 15) is 18.0 Å². The summed E-state index contributed by atoms with van der Waals surface area (Å²) < 4.78 is 31.7. The second-order valence-electron chi connectivity index (χ2n) is 6.94. The highest BCUT2D eigenvalue weighted by Crippen LogP contribution is 2.25. The lowest BCUT2D eigenvalue weighted by Gasteiger charge is -2.30. The highest BCUT2D eigenvalue weighted by atomic mass is 35.5. The number of carbonyl (C=O) groups is 2. The van der Waals surface area contributed by atoms with E-state index in [1.165, 1.54) is 28.6 Å². The van der Waals surface area contributed by atoms with Gasteiger partial charge in [-0.3, -0.25) is 9.59 Å². The number of rotatable bonds is 7. The molecular weight excluding hydrogens is 392 g/mol. The molecular formula is C18H25ClN2O5S. The minimum Gasteiger partial charge on any atom is -0.455 e. The molecule has 0 spiro atoms. The summed E-state index contributed by atoms with van der Waals surface area (Å²) in [5.74, 6) is -0.880. The van der Waals surface area contributed by atoms with Crippen molar-refractivity contribution in [2.45, 2.75) is 31.6 Å². The Morgan fingerprint density at radius 3 is 2.37 bits per heavy atom. The smallest absolute Gasteiger partial charge is 0.309 e. The maximum absolute atomic E-state index is 12.6. The third-order valence-corrected chi connectivity index (χ3v) is 6.46. The lowest BCUT2D eigenvalue weighted by Crippen LogP contribution is -2.41. The van der Waals surface area contributed by atoms with Gasteiger partial charge in [0.25, 0.3) is 5.91 Å². The Morgan fingerprint density at radius 1 is 1.22 bits per heavy atom. The van der Waals surface area contributed by atoms with E-state index in [1.54, 1.807) is 0 Å². The van der Waals surface area contributed by atoms with Crippen molar-refractivity contribution in [1.29, 1.82) is 0 Å². The normalized spacial score (nSPS) is 16.3. The highest BCUT2D eigenvalue weighted by Gasteiger charge is 2.32. The number of ether oxygens (including phenoxy) is 1. The zero-order valence-corrected chi connectivity index (χ0v) is 17.1. The Morgan fingerprint density at radius 2 is 1.81 bits per heavy atom. The fourth-order valence-corrected chi connectivity index (χ4v) is 4.31. The summed E-state index contributed by atoms with van der Waals surface area (Å²) >= 11 is 5.80. The molecule has 7 nitrogen and oxygen atoms in total. The molecule has 0 radical (unpaired) electrons. The zero-order chi connectivity index (χ0) is 20.0. The summed E-state index contributed by atoms with van der Waals surface area (Å²) in [6.45, 7) is 4.61. The molecule has 1 aromatic rings. The average Bonchev–Trinajstić information content (AvgIpc) is 2.64. The van der Waals surface area contributed by atoms with Crippen molar-refractivity contribution >= 4 is 33.5 Å². The molecule has 0 unspecified atom stereocenters. The Kier molecular flexibility index (Phi) is 7.64. The van der Waals surface area contributed by atoms with Gasteiger partial charge in [0.2, 0.25) is 10.0 Å². The SMILES string of the molecule is CC(C)CNC(=O)COC(=O)C1CCN(S(=O)(=O)c2ccc(Cl)cc2)CC1. The fraction of sp³-hybridized carbons (Fsp3) is 0.556. The van der Waals surface area contributed by atoms with E-state index in [1.807, 2.05) is 13.8 Å². The molecule has 1 heterocycles. The molecule has 150 valence electrons. The van der Waals surface area contributed by atoms with E-state index >= 15 is 0 Å². The van der Waals surface area contributed by atoms with Gasteiger partial charge in [-0.05, 0) is 43.0 Å². The number of esters is 1. The van der Waals surface area contributed by atoms with E-state index in [-0.39, 0.29) is 30.5 Å². The number of nitrogens with one attached hydrogen (secondary N) is 1. The van der Waals surface area contributed by atoms with Gasteiger partial charge in [-0.15, -0.1) is 0 Å². The summed E-state index contributed by atoms with van der Waals surface area (Å²) in [6.07, 6.45) is 0.721. The van der Waals surface area contributed by atoms with Crippen LogP contribution in [0.3, 0.4) is 0 Å². The Bertz CT molecular complexity index is 756. The molecule has 27 heavy (non-hydrogen) atoms. The van der Waals surface area contributed by atoms with E-state index in [0.717, 1.165) is 0 Å². The van der Waals surface area contributed by atoms with Gasteiger partial charge in [0.05, 0.1) is 10.8 Å². The average molecular weight is 417 g/mol. The molecule has 0 atom stereocenters. The van der Waals surface area contributed by atoms with Crippen molar-refractivity contribution in [3.05, 3.63) is 29.3 Å². The first-order valence-electron chi connectivity index (χ1n) is 8.89. The number of benzene rings is 1. The number of piperidine rings is 1. The van der Waals surface area contributed by atoms with Gasteiger partial charge in [0, 0.05) is 24.7 Å². The van der Waals surface area contributed by atoms with Crippen LogP contribution in [0.1, 0.15) is 26.7 Å². The third kappa shape index (κ3) is 6.19. The highest BCUT2D eigenvalue weighted by molar-refractivity contribution is 7.89. The van der Waals surface area contributed by atoms with E-state index in [2.05, 4.69) is 5.32 Å². The molecule has 9 heteroatoms. The summed E-state index contributed by atoms with van der Waals surface area (Å²) in [6, 6.07) is 5.99. The van der Waals surface area contributed by atoms with Gasteiger partial charge < -0.3 is 10.1 Å². The van der Waals surface area contributed by atoms with Crippen LogP contribution in [-0.4, -0.2) is 50.8 Å². The molecule has 2 rings (SSSR count). The molecule has 0 aromatic heterocycles. The lowest BCUT2D eigenvalue weighted by atomic mass is 9.98. The summed E-state index contributed by atoms with van der Waals surface area (Å²) in [7, 11) is -3.61. The topological polar surface area (TPSA) is 92.8 Å². The molecule has 1 fully saturated rings. The van der Waals surface area contributed by atoms with Crippen molar-refractivity contribution in [1.82, 2.24) is 9.62 Å². The minimum absolute atomic E-state index is 0.176. The first kappa shape index (κ1) is 21.7. The van der Waals surface area contributed by atoms with Crippen molar-refractivity contribution in [3.63, 3.8) is 0 Å². The second kappa shape index (κ2) is 9.52. The van der Waals surface area contributed by atoms with Crippen LogP contribution in [0.15, 0.2) is 29.2 Å². The quantitative estimate of drug-likeness (QED) is 0.687. The van der Waals surface area contributed by atoms with Crippen molar-refractivity contribution in [2.75, 3.05) is 26.2 Å². The monoisotopic (exact) mass is 416 g/mol. The third-order valence-electron chi connectivity index (χ3n) is 4.29. The van der Waals surface area contributed by atoms with Gasteiger partial charge in [0.15, 0.2) is 6.61 Å². The zero-order valence-electron chi connectivity index (χ0n) is 15.5. The summed E-state index contributed by atoms with van der Waals surface area (Å²) in [5.41, 5.74) is 0. The van der Waals surface area contributed by atoms with Crippen LogP contribution in [-0.2, 0) is 24.3 Å². The van der Waals surface area contributed by atoms with Crippen molar-refractivity contribution in [3.8, 4) is 0 Å².